The summed E-state index contributed by atoms with van der Waals surface area (Å²) in [4.78, 5) is 24.7. The molecule has 0 saturated carbocycles. The molecule has 0 unspecified atom stereocenters. The van der Waals surface area contributed by atoms with E-state index in [4.69, 9.17) is 4.74 Å². The third kappa shape index (κ3) is 4.45. The number of hydrogen-bond acceptors (Lipinski definition) is 3. The molecule has 4 heteroatoms. The number of aryl methyl sites for hydroxylation is 2. The topological polar surface area (TPSA) is 46.6 Å². The van der Waals surface area contributed by atoms with Gasteiger partial charge in [-0.3, -0.25) is 9.59 Å². The Morgan fingerprint density at radius 3 is 2.19 bits per heavy atom. The number of amides is 2. The maximum atomic E-state index is 11.8. The molecule has 140 valence electrons. The molecule has 2 amide bonds. The van der Waals surface area contributed by atoms with Crippen molar-refractivity contribution in [1.29, 1.82) is 0 Å². The lowest BCUT2D eigenvalue weighted by Gasteiger charge is -2.16. The van der Waals surface area contributed by atoms with Crippen LogP contribution < -0.4 is 9.64 Å². The fourth-order valence-corrected chi connectivity index (χ4v) is 3.18. The molecule has 2 aromatic rings. The summed E-state index contributed by atoms with van der Waals surface area (Å²) in [5, 5.41) is 0. The van der Waals surface area contributed by atoms with Gasteiger partial charge in [-0.2, -0.15) is 0 Å². The average Bonchev–Trinajstić information content (AvgIpc) is 3.01. The Labute approximate surface area is 160 Å². The average molecular weight is 363 g/mol. The highest BCUT2D eigenvalue weighted by atomic mass is 16.5. The molecular weight excluding hydrogens is 338 g/mol. The summed E-state index contributed by atoms with van der Waals surface area (Å²) >= 11 is 0. The Bertz CT molecular complexity index is 834. The number of hydrogen-bond donors (Lipinski definition) is 0. The van der Waals surface area contributed by atoms with Gasteiger partial charge in [0.25, 0.3) is 11.8 Å². The first-order valence-electron chi connectivity index (χ1n) is 9.58. The standard InChI is InChI=1S/C23H25NO3/c1-3-5-7-18-16-17(6-4-2)8-13-21(18)27-20-11-9-19(10-12-20)24-22(25)14-15-23(24)26/h8-16H,3-7H2,1-2H3. The summed E-state index contributed by atoms with van der Waals surface area (Å²) in [6.07, 6.45) is 8.01. The van der Waals surface area contributed by atoms with Gasteiger partial charge in [0.05, 0.1) is 5.69 Å². The van der Waals surface area contributed by atoms with Gasteiger partial charge in [-0.1, -0.05) is 38.8 Å². The van der Waals surface area contributed by atoms with Crippen LogP contribution in [0.4, 0.5) is 5.69 Å². The van der Waals surface area contributed by atoms with Crippen LogP contribution >= 0.6 is 0 Å². The van der Waals surface area contributed by atoms with Gasteiger partial charge < -0.3 is 4.74 Å². The van der Waals surface area contributed by atoms with E-state index in [0.29, 0.717) is 11.4 Å². The molecule has 4 nitrogen and oxygen atoms in total. The Kier molecular flexibility index (Phi) is 6.07. The second kappa shape index (κ2) is 8.67. The number of unbranched alkanes of at least 4 members (excludes halogenated alkanes) is 1. The molecule has 0 aliphatic carbocycles. The van der Waals surface area contributed by atoms with Gasteiger partial charge in [-0.05, 0) is 60.7 Å². The molecule has 1 aliphatic heterocycles. The van der Waals surface area contributed by atoms with E-state index in [9.17, 15) is 9.59 Å². The smallest absolute Gasteiger partial charge is 0.258 e. The van der Waals surface area contributed by atoms with Crippen molar-refractivity contribution >= 4 is 17.5 Å². The zero-order valence-electron chi connectivity index (χ0n) is 15.9. The van der Waals surface area contributed by atoms with Gasteiger partial charge in [0.15, 0.2) is 0 Å². The number of carbonyl (C=O) groups excluding carboxylic acids is 2. The number of benzene rings is 2. The van der Waals surface area contributed by atoms with E-state index in [2.05, 4.69) is 26.0 Å². The van der Waals surface area contributed by atoms with Crippen LogP contribution in [0.5, 0.6) is 11.5 Å². The molecule has 27 heavy (non-hydrogen) atoms. The van der Waals surface area contributed by atoms with Crippen LogP contribution in [0.15, 0.2) is 54.6 Å². The fraction of sp³-hybridized carbons (Fsp3) is 0.304. The van der Waals surface area contributed by atoms with Crippen molar-refractivity contribution in [1.82, 2.24) is 0 Å². The largest absolute Gasteiger partial charge is 0.457 e. The SMILES string of the molecule is CCCCc1cc(CCC)ccc1Oc1ccc(N2C(=O)C=CC2=O)cc1. The monoisotopic (exact) mass is 363 g/mol. The highest BCUT2D eigenvalue weighted by molar-refractivity contribution is 6.28. The lowest BCUT2D eigenvalue weighted by atomic mass is 10.0. The van der Waals surface area contributed by atoms with Crippen molar-refractivity contribution < 1.29 is 14.3 Å². The second-order valence-electron chi connectivity index (χ2n) is 6.74. The van der Waals surface area contributed by atoms with Crippen molar-refractivity contribution in [3.05, 3.63) is 65.7 Å². The Morgan fingerprint density at radius 1 is 0.852 bits per heavy atom. The van der Waals surface area contributed by atoms with Crippen LogP contribution in [0, 0.1) is 0 Å². The molecule has 0 spiro atoms. The zero-order chi connectivity index (χ0) is 19.2. The molecule has 0 saturated heterocycles. The number of ether oxygens (including phenoxy) is 1. The maximum Gasteiger partial charge on any atom is 0.258 e. The number of anilines is 1. The van der Waals surface area contributed by atoms with Gasteiger partial charge in [0.2, 0.25) is 0 Å². The number of carbonyl (C=O) groups is 2. The first-order valence-corrected chi connectivity index (χ1v) is 9.58. The third-order valence-electron chi connectivity index (χ3n) is 4.60. The zero-order valence-corrected chi connectivity index (χ0v) is 15.9. The minimum absolute atomic E-state index is 0.318. The summed E-state index contributed by atoms with van der Waals surface area (Å²) in [5.74, 6) is 0.918. The lowest BCUT2D eigenvalue weighted by Crippen LogP contribution is -2.29. The van der Waals surface area contributed by atoms with Gasteiger partial charge in [0, 0.05) is 12.2 Å². The predicted octanol–water partition coefficient (Wildman–Crippen LogP) is 5.20. The van der Waals surface area contributed by atoms with E-state index in [1.54, 1.807) is 24.3 Å². The van der Waals surface area contributed by atoms with Crippen molar-refractivity contribution in [2.75, 3.05) is 4.90 Å². The van der Waals surface area contributed by atoms with Crippen LogP contribution in [0.3, 0.4) is 0 Å². The van der Waals surface area contributed by atoms with Gasteiger partial charge >= 0.3 is 0 Å². The second-order valence-corrected chi connectivity index (χ2v) is 6.74. The summed E-state index contributed by atoms with van der Waals surface area (Å²) in [5.41, 5.74) is 3.11. The van der Waals surface area contributed by atoms with Crippen LogP contribution in [0.25, 0.3) is 0 Å². The molecule has 1 aliphatic rings. The highest BCUT2D eigenvalue weighted by Gasteiger charge is 2.24. The molecule has 1 heterocycles. The first kappa shape index (κ1) is 18.9. The normalized spacial score (nSPS) is 13.5. The molecule has 0 N–H and O–H groups in total. The predicted molar refractivity (Wildman–Crippen MR) is 107 cm³/mol. The van der Waals surface area contributed by atoms with Crippen molar-refractivity contribution in [2.45, 2.75) is 46.0 Å². The van der Waals surface area contributed by atoms with Crippen LogP contribution in [-0.4, -0.2) is 11.8 Å². The van der Waals surface area contributed by atoms with E-state index < -0.39 is 0 Å². The summed E-state index contributed by atoms with van der Waals surface area (Å²) in [6, 6.07) is 13.5. The molecule has 2 aromatic carbocycles. The van der Waals surface area contributed by atoms with Gasteiger partial charge in [0.1, 0.15) is 11.5 Å². The van der Waals surface area contributed by atoms with E-state index >= 15 is 0 Å². The Hall–Kier alpha value is -2.88. The van der Waals surface area contributed by atoms with Crippen LogP contribution in [-0.2, 0) is 22.4 Å². The molecule has 0 atom stereocenters. The Morgan fingerprint density at radius 2 is 1.56 bits per heavy atom. The van der Waals surface area contributed by atoms with Crippen LogP contribution in [0.1, 0.15) is 44.2 Å². The molecule has 0 radical (unpaired) electrons. The summed E-state index contributed by atoms with van der Waals surface area (Å²) in [6.45, 7) is 4.37. The van der Waals surface area contributed by atoms with E-state index in [0.717, 1.165) is 42.8 Å². The molecular formula is C23H25NO3. The minimum atomic E-state index is -0.318. The fourth-order valence-electron chi connectivity index (χ4n) is 3.18. The number of imide groups is 1. The lowest BCUT2D eigenvalue weighted by molar-refractivity contribution is -0.119. The van der Waals surface area contributed by atoms with E-state index in [1.165, 1.54) is 23.3 Å². The van der Waals surface area contributed by atoms with E-state index in [-0.39, 0.29) is 11.8 Å². The quantitative estimate of drug-likeness (QED) is 0.605. The van der Waals surface area contributed by atoms with E-state index in [1.807, 2.05) is 6.07 Å². The number of nitrogens with zero attached hydrogens (tertiary/aromatic N) is 1. The molecule has 3 rings (SSSR count). The molecule has 0 fully saturated rings. The molecule has 0 aromatic heterocycles. The van der Waals surface area contributed by atoms with Gasteiger partial charge in [-0.15, -0.1) is 0 Å². The maximum absolute atomic E-state index is 11.8. The van der Waals surface area contributed by atoms with Crippen molar-refractivity contribution in [2.24, 2.45) is 0 Å². The Balaban J connectivity index is 1.78. The summed E-state index contributed by atoms with van der Waals surface area (Å²) in [7, 11) is 0. The van der Waals surface area contributed by atoms with Crippen molar-refractivity contribution in [3.8, 4) is 11.5 Å². The first-order chi connectivity index (χ1) is 13.1. The van der Waals surface area contributed by atoms with Gasteiger partial charge in [-0.25, -0.2) is 4.90 Å². The third-order valence-corrected chi connectivity index (χ3v) is 4.60. The highest BCUT2D eigenvalue weighted by Crippen LogP contribution is 2.30. The number of rotatable bonds is 8. The van der Waals surface area contributed by atoms with Crippen LogP contribution in [0.2, 0.25) is 0 Å². The van der Waals surface area contributed by atoms with Crippen molar-refractivity contribution in [3.63, 3.8) is 0 Å². The molecule has 0 bridgehead atoms. The summed E-state index contributed by atoms with van der Waals surface area (Å²) < 4.78 is 6.11. The minimum Gasteiger partial charge on any atom is -0.457 e.